The molecule has 0 fully saturated rings. The van der Waals surface area contributed by atoms with Crippen LogP contribution in [0.4, 0.5) is 0 Å². The van der Waals surface area contributed by atoms with Gasteiger partial charge in [-0.25, -0.2) is 0 Å². The molecule has 0 aromatic heterocycles. The van der Waals surface area contributed by atoms with E-state index in [2.05, 4.69) is 24.3 Å². The molecule has 1 atom stereocenters. The number of rotatable bonds is 9. The number of hydrogen-bond donors (Lipinski definition) is 1. The van der Waals surface area contributed by atoms with Gasteiger partial charge in [-0.1, -0.05) is 103 Å². The molecule has 1 unspecified atom stereocenters. The van der Waals surface area contributed by atoms with E-state index in [1.54, 1.807) is 0 Å². The van der Waals surface area contributed by atoms with Gasteiger partial charge >= 0.3 is 5.97 Å². The molecule has 0 aliphatic rings. The van der Waals surface area contributed by atoms with Crippen LogP contribution in [0.25, 0.3) is 0 Å². The predicted molar refractivity (Wildman–Crippen MR) is 130 cm³/mol. The van der Waals surface area contributed by atoms with Crippen molar-refractivity contribution in [3.05, 3.63) is 138 Å². The maximum Gasteiger partial charge on any atom is 0.321 e. The molecule has 160 valence electrons. The topological polar surface area (TPSA) is 46.5 Å². The molecule has 0 aliphatic carbocycles. The van der Waals surface area contributed by atoms with Gasteiger partial charge in [-0.3, -0.25) is 4.79 Å². The summed E-state index contributed by atoms with van der Waals surface area (Å²) in [5.41, 5.74) is 4.04. The normalized spacial score (nSPS) is 11.8. The molecule has 0 saturated heterocycles. The van der Waals surface area contributed by atoms with E-state index in [4.69, 9.17) is 4.74 Å². The zero-order valence-electron chi connectivity index (χ0n) is 17.5. The van der Waals surface area contributed by atoms with Crippen molar-refractivity contribution in [2.24, 2.45) is 0 Å². The number of carboxylic acid groups (broad SMARTS) is 1. The monoisotopic (exact) mass is 440 g/mol. The number of aliphatic carboxylic acids is 1. The summed E-state index contributed by atoms with van der Waals surface area (Å²) in [7, 11) is 0. The Morgan fingerprint density at radius 1 is 0.688 bits per heavy atom. The number of benzene rings is 4. The van der Waals surface area contributed by atoms with Crippen LogP contribution in [0.5, 0.6) is 5.75 Å². The highest BCUT2D eigenvalue weighted by Gasteiger charge is 2.20. The van der Waals surface area contributed by atoms with Crippen molar-refractivity contribution in [2.45, 2.75) is 17.1 Å². The second kappa shape index (κ2) is 10.7. The van der Waals surface area contributed by atoms with E-state index < -0.39 is 11.2 Å². The molecule has 32 heavy (non-hydrogen) atoms. The Morgan fingerprint density at radius 2 is 1.16 bits per heavy atom. The average molecular weight is 441 g/mol. The van der Waals surface area contributed by atoms with Crippen LogP contribution in [0.15, 0.2) is 115 Å². The molecule has 3 nitrogen and oxygen atoms in total. The number of carboxylic acids is 1. The van der Waals surface area contributed by atoms with E-state index in [-0.39, 0.29) is 6.10 Å². The van der Waals surface area contributed by atoms with Gasteiger partial charge in [0.05, 0.1) is 0 Å². The minimum absolute atomic E-state index is 0.202. The quantitative estimate of drug-likeness (QED) is 0.307. The van der Waals surface area contributed by atoms with Crippen LogP contribution in [0.1, 0.15) is 33.6 Å². The van der Waals surface area contributed by atoms with E-state index >= 15 is 0 Å². The third-order valence-corrected chi connectivity index (χ3v) is 6.43. The first-order valence-corrected chi connectivity index (χ1v) is 11.5. The fourth-order valence-corrected chi connectivity index (χ4v) is 4.55. The molecule has 0 bridgehead atoms. The number of thioether (sulfide) groups is 1. The maximum atomic E-state index is 11.7. The van der Waals surface area contributed by atoms with Crippen molar-refractivity contribution in [2.75, 3.05) is 0 Å². The number of ether oxygens (including phenoxy) is 1. The van der Waals surface area contributed by atoms with Gasteiger partial charge in [0, 0.05) is 5.75 Å². The minimum Gasteiger partial charge on any atom is -0.481 e. The smallest absolute Gasteiger partial charge is 0.321 e. The van der Waals surface area contributed by atoms with Gasteiger partial charge in [-0.15, -0.1) is 11.8 Å². The molecule has 4 aromatic carbocycles. The number of hydrogen-bond acceptors (Lipinski definition) is 3. The van der Waals surface area contributed by atoms with E-state index in [9.17, 15) is 9.90 Å². The summed E-state index contributed by atoms with van der Waals surface area (Å²) in [6, 6.07) is 37.6. The maximum absolute atomic E-state index is 11.7. The Labute approximate surface area is 192 Å². The Morgan fingerprint density at radius 3 is 1.62 bits per heavy atom. The van der Waals surface area contributed by atoms with E-state index in [1.165, 1.54) is 11.8 Å². The Bertz CT molecular complexity index is 1070. The third-order valence-electron chi connectivity index (χ3n) is 5.13. The molecule has 0 aliphatic heterocycles. The molecule has 0 saturated carbocycles. The molecule has 0 heterocycles. The van der Waals surface area contributed by atoms with E-state index in [0.29, 0.717) is 5.75 Å². The second-order valence-electron chi connectivity index (χ2n) is 7.40. The van der Waals surface area contributed by atoms with Crippen molar-refractivity contribution < 1.29 is 14.6 Å². The molecule has 4 rings (SSSR count). The molecular formula is C28H24O3S. The minimum atomic E-state index is -0.824. The van der Waals surface area contributed by atoms with Crippen LogP contribution >= 0.6 is 11.8 Å². The van der Waals surface area contributed by atoms with Crippen LogP contribution in [0.3, 0.4) is 0 Å². The molecular weight excluding hydrogens is 416 g/mol. The van der Waals surface area contributed by atoms with Gasteiger partial charge in [0.1, 0.15) is 17.1 Å². The second-order valence-corrected chi connectivity index (χ2v) is 8.50. The van der Waals surface area contributed by atoms with Gasteiger partial charge < -0.3 is 9.84 Å². The third kappa shape index (κ3) is 5.59. The van der Waals surface area contributed by atoms with Crippen LogP contribution in [0, 0.1) is 0 Å². The summed E-state index contributed by atoms with van der Waals surface area (Å²) >= 11 is 1.41. The first-order chi connectivity index (χ1) is 15.7. The van der Waals surface area contributed by atoms with E-state index in [0.717, 1.165) is 28.0 Å². The summed E-state index contributed by atoms with van der Waals surface area (Å²) in [5, 5.41) is 9.03. The molecule has 0 spiro atoms. The van der Waals surface area contributed by atoms with Crippen LogP contribution in [0.2, 0.25) is 0 Å². The lowest BCUT2D eigenvalue weighted by Gasteiger charge is -2.20. The molecule has 4 aromatic rings. The highest BCUT2D eigenvalue weighted by Crippen LogP contribution is 2.33. The van der Waals surface area contributed by atoms with Crippen molar-refractivity contribution in [3.63, 3.8) is 0 Å². The standard InChI is InChI=1S/C28H24O3S/c29-28(30)27(24-14-8-3-9-15-24)32-20-21-16-18-25(19-17-21)31-26(22-10-4-1-5-11-22)23-12-6-2-7-13-23/h1-19,26-27H,20H2,(H,29,30). The first kappa shape index (κ1) is 21.7. The molecule has 0 radical (unpaired) electrons. The summed E-state index contributed by atoms with van der Waals surface area (Å²) in [6.45, 7) is 0. The molecule has 0 amide bonds. The summed E-state index contributed by atoms with van der Waals surface area (Å²) in [5.74, 6) is 0.552. The fraction of sp³-hybridized carbons (Fsp3) is 0.107. The van der Waals surface area contributed by atoms with Crippen molar-refractivity contribution in [1.82, 2.24) is 0 Å². The van der Waals surface area contributed by atoms with Crippen molar-refractivity contribution >= 4 is 17.7 Å². The van der Waals surface area contributed by atoms with Crippen LogP contribution in [-0.4, -0.2) is 11.1 Å². The molecule has 1 N–H and O–H groups in total. The Kier molecular flexibility index (Phi) is 7.26. The van der Waals surface area contributed by atoms with Crippen molar-refractivity contribution in [3.8, 4) is 5.75 Å². The zero-order chi connectivity index (χ0) is 22.2. The summed E-state index contributed by atoms with van der Waals surface area (Å²) < 4.78 is 6.37. The van der Waals surface area contributed by atoms with Gasteiger partial charge in [-0.2, -0.15) is 0 Å². The lowest BCUT2D eigenvalue weighted by atomic mass is 10.0. The Balaban J connectivity index is 1.46. The Hall–Kier alpha value is -3.50. The lowest BCUT2D eigenvalue weighted by molar-refractivity contribution is -0.136. The van der Waals surface area contributed by atoms with Gasteiger partial charge in [-0.05, 0) is 34.4 Å². The average Bonchev–Trinajstić information content (AvgIpc) is 2.85. The summed E-state index contributed by atoms with van der Waals surface area (Å²) in [4.78, 5) is 11.7. The van der Waals surface area contributed by atoms with Crippen LogP contribution in [-0.2, 0) is 10.5 Å². The predicted octanol–water partition coefficient (Wildman–Crippen LogP) is 6.91. The highest BCUT2D eigenvalue weighted by molar-refractivity contribution is 7.99. The van der Waals surface area contributed by atoms with Gasteiger partial charge in [0.25, 0.3) is 0 Å². The summed E-state index contributed by atoms with van der Waals surface area (Å²) in [6.07, 6.45) is -0.202. The zero-order valence-corrected chi connectivity index (χ0v) is 18.3. The van der Waals surface area contributed by atoms with Gasteiger partial charge in [0.15, 0.2) is 0 Å². The largest absolute Gasteiger partial charge is 0.481 e. The SMILES string of the molecule is O=C(O)C(SCc1ccc(OC(c2ccccc2)c2ccccc2)cc1)c1ccccc1. The van der Waals surface area contributed by atoms with Gasteiger partial charge in [0.2, 0.25) is 0 Å². The highest BCUT2D eigenvalue weighted by atomic mass is 32.2. The first-order valence-electron chi connectivity index (χ1n) is 10.5. The molecule has 4 heteroatoms. The number of carbonyl (C=O) groups is 1. The fourth-order valence-electron chi connectivity index (χ4n) is 3.50. The van der Waals surface area contributed by atoms with Crippen LogP contribution < -0.4 is 4.74 Å². The van der Waals surface area contributed by atoms with Crippen molar-refractivity contribution in [1.29, 1.82) is 0 Å². The lowest BCUT2D eigenvalue weighted by Crippen LogP contribution is -2.09. The van der Waals surface area contributed by atoms with E-state index in [1.807, 2.05) is 91.0 Å².